The molecule has 1 aromatic heterocycles. The van der Waals surface area contributed by atoms with Gasteiger partial charge in [0.15, 0.2) is 0 Å². The molecule has 70 valence electrons. The molecule has 0 radical (unpaired) electrons. The lowest BCUT2D eigenvalue weighted by Gasteiger charge is -2.19. The Kier molecular flexibility index (Phi) is 2.74. The van der Waals surface area contributed by atoms with Crippen LogP contribution < -0.4 is 5.73 Å². The number of hydrogen-bond donors (Lipinski definition) is 1. The van der Waals surface area contributed by atoms with E-state index in [0.717, 1.165) is 5.69 Å². The standard InChI is InChI=1S/C10H15N3/c1-4-5-6-13-8-12-7-9(13)10(2,3)11/h7-8H,6,11H2,1-3H3. The molecule has 0 fully saturated rings. The van der Waals surface area contributed by atoms with Gasteiger partial charge in [0.2, 0.25) is 0 Å². The number of aromatic nitrogens is 2. The molecule has 3 nitrogen and oxygen atoms in total. The van der Waals surface area contributed by atoms with Crippen LogP contribution in [0.2, 0.25) is 0 Å². The summed E-state index contributed by atoms with van der Waals surface area (Å²) in [6.07, 6.45) is 3.55. The van der Waals surface area contributed by atoms with E-state index in [-0.39, 0.29) is 5.54 Å². The van der Waals surface area contributed by atoms with E-state index < -0.39 is 0 Å². The molecule has 1 aromatic rings. The maximum atomic E-state index is 5.96. The van der Waals surface area contributed by atoms with Crippen LogP contribution in [-0.2, 0) is 12.1 Å². The van der Waals surface area contributed by atoms with Crippen LogP contribution in [0.4, 0.5) is 0 Å². The van der Waals surface area contributed by atoms with Crippen LogP contribution in [0.1, 0.15) is 26.5 Å². The van der Waals surface area contributed by atoms with Crippen molar-refractivity contribution < 1.29 is 0 Å². The first-order valence-corrected chi connectivity index (χ1v) is 4.25. The molecule has 1 rings (SSSR count). The van der Waals surface area contributed by atoms with E-state index in [2.05, 4.69) is 16.8 Å². The highest BCUT2D eigenvalue weighted by molar-refractivity contribution is 5.12. The fourth-order valence-electron chi connectivity index (χ4n) is 1.15. The van der Waals surface area contributed by atoms with Crippen LogP contribution >= 0.6 is 0 Å². The van der Waals surface area contributed by atoms with Crippen LogP contribution in [0.25, 0.3) is 0 Å². The second-order valence-electron chi connectivity index (χ2n) is 3.56. The minimum atomic E-state index is -0.355. The van der Waals surface area contributed by atoms with Crippen LogP contribution in [0.3, 0.4) is 0 Å². The predicted octanol–water partition coefficient (Wildman–Crippen LogP) is 1.10. The monoisotopic (exact) mass is 177 g/mol. The van der Waals surface area contributed by atoms with Gasteiger partial charge < -0.3 is 10.3 Å². The SMILES string of the molecule is CC#CCn1cncc1C(C)(C)N. The fraction of sp³-hybridized carbons (Fsp3) is 0.500. The van der Waals surface area contributed by atoms with Crippen molar-refractivity contribution in [3.63, 3.8) is 0 Å². The second-order valence-corrected chi connectivity index (χ2v) is 3.56. The summed E-state index contributed by atoms with van der Waals surface area (Å²) in [5, 5.41) is 0. The van der Waals surface area contributed by atoms with Crippen molar-refractivity contribution in [1.29, 1.82) is 0 Å². The average molecular weight is 177 g/mol. The average Bonchev–Trinajstić information content (AvgIpc) is 2.47. The van der Waals surface area contributed by atoms with Crippen molar-refractivity contribution >= 4 is 0 Å². The van der Waals surface area contributed by atoms with Crippen molar-refractivity contribution in [3.8, 4) is 11.8 Å². The molecule has 0 atom stereocenters. The zero-order chi connectivity index (χ0) is 9.90. The highest BCUT2D eigenvalue weighted by Gasteiger charge is 2.18. The van der Waals surface area contributed by atoms with Crippen molar-refractivity contribution in [2.75, 3.05) is 0 Å². The summed E-state index contributed by atoms with van der Waals surface area (Å²) < 4.78 is 1.97. The smallest absolute Gasteiger partial charge is 0.0957 e. The number of nitrogens with two attached hydrogens (primary N) is 1. The molecule has 0 spiro atoms. The Hall–Kier alpha value is -1.27. The summed E-state index contributed by atoms with van der Waals surface area (Å²) in [6, 6.07) is 0. The lowest BCUT2D eigenvalue weighted by Crippen LogP contribution is -2.31. The number of nitrogens with zero attached hydrogens (tertiary/aromatic N) is 2. The summed E-state index contributed by atoms with van der Waals surface area (Å²) in [5.74, 6) is 5.83. The second kappa shape index (κ2) is 3.63. The van der Waals surface area contributed by atoms with Gasteiger partial charge in [-0.05, 0) is 20.8 Å². The third-order valence-corrected chi connectivity index (χ3v) is 1.80. The molecule has 0 unspecified atom stereocenters. The Morgan fingerprint density at radius 3 is 2.85 bits per heavy atom. The van der Waals surface area contributed by atoms with E-state index in [0.29, 0.717) is 6.54 Å². The van der Waals surface area contributed by atoms with E-state index in [1.165, 1.54) is 0 Å². The first kappa shape index (κ1) is 9.82. The maximum absolute atomic E-state index is 5.96. The van der Waals surface area contributed by atoms with Crippen molar-refractivity contribution in [3.05, 3.63) is 18.2 Å². The zero-order valence-electron chi connectivity index (χ0n) is 8.33. The number of rotatable bonds is 2. The van der Waals surface area contributed by atoms with Gasteiger partial charge in [0.05, 0.1) is 30.3 Å². The molecule has 3 heteroatoms. The van der Waals surface area contributed by atoms with Gasteiger partial charge in [0.25, 0.3) is 0 Å². The molecule has 0 saturated carbocycles. The van der Waals surface area contributed by atoms with Crippen LogP contribution in [0.5, 0.6) is 0 Å². The topological polar surface area (TPSA) is 43.8 Å². The Morgan fingerprint density at radius 1 is 1.62 bits per heavy atom. The molecule has 2 N–H and O–H groups in total. The molecule has 0 aromatic carbocycles. The highest BCUT2D eigenvalue weighted by atomic mass is 15.1. The van der Waals surface area contributed by atoms with Crippen molar-refractivity contribution in [2.45, 2.75) is 32.9 Å². The lowest BCUT2D eigenvalue weighted by molar-refractivity contribution is 0.507. The van der Waals surface area contributed by atoms with Gasteiger partial charge in [-0.2, -0.15) is 0 Å². The quantitative estimate of drug-likeness (QED) is 0.687. The maximum Gasteiger partial charge on any atom is 0.0957 e. The molecule has 0 aliphatic carbocycles. The molecule has 0 bridgehead atoms. The van der Waals surface area contributed by atoms with E-state index in [1.54, 1.807) is 12.5 Å². The molecule has 0 amide bonds. The van der Waals surface area contributed by atoms with E-state index in [1.807, 2.05) is 25.3 Å². The van der Waals surface area contributed by atoms with E-state index in [4.69, 9.17) is 5.73 Å². The first-order valence-electron chi connectivity index (χ1n) is 4.25. The van der Waals surface area contributed by atoms with E-state index in [9.17, 15) is 0 Å². The first-order chi connectivity index (χ1) is 6.05. The number of imidazole rings is 1. The van der Waals surface area contributed by atoms with E-state index >= 15 is 0 Å². The molecular formula is C10H15N3. The molecule has 0 saturated heterocycles. The molecular weight excluding hydrogens is 162 g/mol. The summed E-state index contributed by atoms with van der Waals surface area (Å²) in [6.45, 7) is 6.40. The molecule has 1 heterocycles. The summed E-state index contributed by atoms with van der Waals surface area (Å²) in [7, 11) is 0. The molecule has 0 aliphatic rings. The van der Waals surface area contributed by atoms with Gasteiger partial charge in [-0.3, -0.25) is 0 Å². The molecule has 0 aliphatic heterocycles. The van der Waals surface area contributed by atoms with Gasteiger partial charge in [-0.15, -0.1) is 5.92 Å². The minimum Gasteiger partial charge on any atom is -0.321 e. The Balaban J connectivity index is 2.94. The summed E-state index contributed by atoms with van der Waals surface area (Å²) in [5.41, 5.74) is 6.62. The van der Waals surface area contributed by atoms with Crippen molar-refractivity contribution in [2.24, 2.45) is 5.73 Å². The van der Waals surface area contributed by atoms with Gasteiger partial charge in [0, 0.05) is 0 Å². The van der Waals surface area contributed by atoms with Crippen LogP contribution in [0, 0.1) is 11.8 Å². The molecule has 13 heavy (non-hydrogen) atoms. The van der Waals surface area contributed by atoms with Gasteiger partial charge in [-0.25, -0.2) is 4.98 Å². The van der Waals surface area contributed by atoms with Gasteiger partial charge >= 0.3 is 0 Å². The Labute approximate surface area is 79.0 Å². The lowest BCUT2D eigenvalue weighted by atomic mass is 10.0. The largest absolute Gasteiger partial charge is 0.321 e. The third-order valence-electron chi connectivity index (χ3n) is 1.80. The summed E-state index contributed by atoms with van der Waals surface area (Å²) in [4.78, 5) is 4.06. The minimum absolute atomic E-state index is 0.355. The summed E-state index contributed by atoms with van der Waals surface area (Å²) >= 11 is 0. The normalized spacial score (nSPS) is 10.8. The third kappa shape index (κ3) is 2.33. The Morgan fingerprint density at radius 2 is 2.31 bits per heavy atom. The van der Waals surface area contributed by atoms with Crippen LogP contribution in [-0.4, -0.2) is 9.55 Å². The zero-order valence-corrected chi connectivity index (χ0v) is 8.33. The number of hydrogen-bond acceptors (Lipinski definition) is 2. The van der Waals surface area contributed by atoms with Crippen molar-refractivity contribution in [1.82, 2.24) is 9.55 Å². The fourth-order valence-corrected chi connectivity index (χ4v) is 1.15. The Bertz CT molecular complexity index is 333. The van der Waals surface area contributed by atoms with Crippen LogP contribution in [0.15, 0.2) is 12.5 Å². The van der Waals surface area contributed by atoms with Gasteiger partial charge in [0.1, 0.15) is 0 Å². The van der Waals surface area contributed by atoms with Gasteiger partial charge in [-0.1, -0.05) is 5.92 Å². The highest BCUT2D eigenvalue weighted by Crippen LogP contribution is 2.15. The predicted molar refractivity (Wildman–Crippen MR) is 52.9 cm³/mol.